The normalized spacial score (nSPS) is 16.0. The summed E-state index contributed by atoms with van der Waals surface area (Å²) in [5.41, 5.74) is 2.06. The molecule has 2 amide bonds. The Kier molecular flexibility index (Phi) is 8.49. The Labute approximate surface area is 170 Å². The molecule has 1 fully saturated rings. The van der Waals surface area contributed by atoms with Gasteiger partial charge < -0.3 is 10.6 Å². The second kappa shape index (κ2) is 10.6. The Morgan fingerprint density at radius 3 is 2.25 bits per heavy atom. The zero-order valence-electron chi connectivity index (χ0n) is 18.0. The monoisotopic (exact) mass is 387 g/mol. The van der Waals surface area contributed by atoms with E-state index in [1.54, 1.807) is 0 Å². The van der Waals surface area contributed by atoms with Crippen molar-refractivity contribution in [2.45, 2.75) is 66.5 Å². The highest BCUT2D eigenvalue weighted by atomic mass is 16.2. The largest absolute Gasteiger partial charge is 0.356 e. The van der Waals surface area contributed by atoms with Crippen LogP contribution in [0.5, 0.6) is 0 Å². The van der Waals surface area contributed by atoms with Crippen LogP contribution in [0.15, 0.2) is 24.3 Å². The van der Waals surface area contributed by atoms with E-state index in [9.17, 15) is 9.59 Å². The highest BCUT2D eigenvalue weighted by molar-refractivity contribution is 5.81. The van der Waals surface area contributed by atoms with Crippen LogP contribution in [-0.4, -0.2) is 36.3 Å². The number of piperidine rings is 1. The fourth-order valence-electron chi connectivity index (χ4n) is 3.25. The number of carbonyl (C=O) groups is 2. The van der Waals surface area contributed by atoms with E-state index in [1.165, 1.54) is 31.5 Å². The number of rotatable bonds is 8. The molecule has 1 aromatic rings. The summed E-state index contributed by atoms with van der Waals surface area (Å²) in [5, 5.41) is 5.83. The SMILES string of the molecule is CC1CCN(Cc2ccc(CNC(=O)CCCNC(=O)C(C)(C)C)cc2)CC1. The van der Waals surface area contributed by atoms with E-state index in [1.807, 2.05) is 20.8 Å². The van der Waals surface area contributed by atoms with Crippen molar-refractivity contribution in [1.29, 1.82) is 0 Å². The summed E-state index contributed by atoms with van der Waals surface area (Å²) in [7, 11) is 0. The Morgan fingerprint density at radius 2 is 1.64 bits per heavy atom. The smallest absolute Gasteiger partial charge is 0.225 e. The lowest BCUT2D eigenvalue weighted by atomic mass is 9.96. The predicted octanol–water partition coefficient (Wildman–Crippen LogP) is 3.48. The third-order valence-corrected chi connectivity index (χ3v) is 5.34. The molecule has 1 saturated heterocycles. The standard InChI is InChI=1S/C23H37N3O2/c1-18-11-14-26(15-12-18)17-20-9-7-19(8-10-20)16-25-21(27)6-5-13-24-22(28)23(2,3)4/h7-10,18H,5-6,11-17H2,1-4H3,(H,24,28)(H,25,27). The molecule has 5 heteroatoms. The van der Waals surface area contributed by atoms with Gasteiger partial charge in [-0.3, -0.25) is 14.5 Å². The molecule has 0 radical (unpaired) electrons. The average Bonchev–Trinajstić information content (AvgIpc) is 2.65. The molecule has 1 aromatic carbocycles. The van der Waals surface area contributed by atoms with Gasteiger partial charge in [0, 0.05) is 31.5 Å². The van der Waals surface area contributed by atoms with Crippen molar-refractivity contribution in [3.63, 3.8) is 0 Å². The summed E-state index contributed by atoms with van der Waals surface area (Å²) in [6.07, 6.45) is 3.67. The maximum absolute atomic E-state index is 12.0. The van der Waals surface area contributed by atoms with Gasteiger partial charge in [0.2, 0.25) is 11.8 Å². The van der Waals surface area contributed by atoms with Gasteiger partial charge in [0.15, 0.2) is 0 Å². The van der Waals surface area contributed by atoms with Crippen LogP contribution < -0.4 is 10.6 Å². The molecule has 0 spiro atoms. The van der Waals surface area contributed by atoms with Crippen LogP contribution in [0.3, 0.4) is 0 Å². The third-order valence-electron chi connectivity index (χ3n) is 5.34. The minimum absolute atomic E-state index is 0.0204. The molecule has 2 rings (SSSR count). The molecule has 0 unspecified atom stereocenters. The van der Waals surface area contributed by atoms with E-state index in [2.05, 4.69) is 46.7 Å². The zero-order chi connectivity index (χ0) is 20.6. The Bertz CT molecular complexity index is 626. The van der Waals surface area contributed by atoms with E-state index in [-0.39, 0.29) is 17.2 Å². The van der Waals surface area contributed by atoms with Crippen LogP contribution in [0.1, 0.15) is 64.5 Å². The van der Waals surface area contributed by atoms with E-state index in [0.717, 1.165) is 18.0 Å². The lowest BCUT2D eigenvalue weighted by Gasteiger charge is -2.30. The van der Waals surface area contributed by atoms with Gasteiger partial charge in [-0.25, -0.2) is 0 Å². The van der Waals surface area contributed by atoms with Crippen LogP contribution in [0.25, 0.3) is 0 Å². The van der Waals surface area contributed by atoms with Gasteiger partial charge >= 0.3 is 0 Å². The topological polar surface area (TPSA) is 61.4 Å². The van der Waals surface area contributed by atoms with E-state index < -0.39 is 0 Å². The number of nitrogens with one attached hydrogen (secondary N) is 2. The summed E-state index contributed by atoms with van der Waals surface area (Å²) < 4.78 is 0. The zero-order valence-corrected chi connectivity index (χ0v) is 18.0. The average molecular weight is 388 g/mol. The van der Waals surface area contributed by atoms with Crippen molar-refractivity contribution in [2.75, 3.05) is 19.6 Å². The fourth-order valence-corrected chi connectivity index (χ4v) is 3.25. The maximum atomic E-state index is 12.0. The van der Waals surface area contributed by atoms with Crippen LogP contribution in [0.4, 0.5) is 0 Å². The molecular weight excluding hydrogens is 350 g/mol. The summed E-state index contributed by atoms with van der Waals surface area (Å²) in [6.45, 7) is 12.5. The van der Waals surface area contributed by atoms with Crippen molar-refractivity contribution in [3.05, 3.63) is 35.4 Å². The van der Waals surface area contributed by atoms with Crippen LogP contribution in [0, 0.1) is 11.3 Å². The summed E-state index contributed by atoms with van der Waals surface area (Å²) in [5.74, 6) is 0.903. The fraction of sp³-hybridized carbons (Fsp3) is 0.652. The van der Waals surface area contributed by atoms with Gasteiger partial charge in [0.1, 0.15) is 0 Å². The molecule has 5 nitrogen and oxygen atoms in total. The molecule has 1 aliphatic heterocycles. The molecule has 28 heavy (non-hydrogen) atoms. The molecule has 1 aliphatic rings. The molecule has 0 aliphatic carbocycles. The lowest BCUT2D eigenvalue weighted by Crippen LogP contribution is -2.35. The number of benzene rings is 1. The van der Waals surface area contributed by atoms with Gasteiger partial charge in [0.05, 0.1) is 0 Å². The van der Waals surface area contributed by atoms with Crippen molar-refractivity contribution in [1.82, 2.24) is 15.5 Å². The van der Waals surface area contributed by atoms with E-state index in [4.69, 9.17) is 0 Å². The quantitative estimate of drug-likeness (QED) is 0.672. The summed E-state index contributed by atoms with van der Waals surface area (Å²) in [6, 6.07) is 8.54. The first-order valence-corrected chi connectivity index (χ1v) is 10.6. The Morgan fingerprint density at radius 1 is 1.04 bits per heavy atom. The van der Waals surface area contributed by atoms with Crippen molar-refractivity contribution >= 4 is 11.8 Å². The number of likely N-dealkylation sites (tertiary alicyclic amines) is 1. The number of carbonyl (C=O) groups excluding carboxylic acids is 2. The number of hydrogen-bond acceptors (Lipinski definition) is 3. The van der Waals surface area contributed by atoms with Gasteiger partial charge in [-0.1, -0.05) is 52.0 Å². The Balaban J connectivity index is 1.63. The van der Waals surface area contributed by atoms with Gasteiger partial charge in [-0.05, 0) is 49.4 Å². The predicted molar refractivity (Wildman–Crippen MR) is 114 cm³/mol. The number of hydrogen-bond donors (Lipinski definition) is 2. The van der Waals surface area contributed by atoms with Gasteiger partial charge in [0.25, 0.3) is 0 Å². The highest BCUT2D eigenvalue weighted by Gasteiger charge is 2.20. The van der Waals surface area contributed by atoms with E-state index >= 15 is 0 Å². The van der Waals surface area contributed by atoms with Gasteiger partial charge in [-0.15, -0.1) is 0 Å². The first-order chi connectivity index (χ1) is 13.2. The van der Waals surface area contributed by atoms with Crippen LogP contribution in [-0.2, 0) is 22.7 Å². The van der Waals surface area contributed by atoms with Crippen molar-refractivity contribution in [3.8, 4) is 0 Å². The molecule has 0 bridgehead atoms. The van der Waals surface area contributed by atoms with Crippen molar-refractivity contribution in [2.24, 2.45) is 11.3 Å². The second-order valence-corrected chi connectivity index (χ2v) is 9.16. The number of nitrogens with zero attached hydrogens (tertiary/aromatic N) is 1. The highest BCUT2D eigenvalue weighted by Crippen LogP contribution is 2.18. The van der Waals surface area contributed by atoms with Crippen LogP contribution in [0.2, 0.25) is 0 Å². The summed E-state index contributed by atoms with van der Waals surface area (Å²) in [4.78, 5) is 26.3. The molecule has 2 N–H and O–H groups in total. The van der Waals surface area contributed by atoms with Gasteiger partial charge in [-0.2, -0.15) is 0 Å². The summed E-state index contributed by atoms with van der Waals surface area (Å²) >= 11 is 0. The van der Waals surface area contributed by atoms with Crippen molar-refractivity contribution < 1.29 is 9.59 Å². The molecular formula is C23H37N3O2. The molecule has 0 saturated carbocycles. The maximum Gasteiger partial charge on any atom is 0.225 e. The van der Waals surface area contributed by atoms with E-state index in [0.29, 0.717) is 25.9 Å². The number of amides is 2. The second-order valence-electron chi connectivity index (χ2n) is 9.16. The molecule has 1 heterocycles. The third kappa shape index (κ3) is 8.01. The lowest BCUT2D eigenvalue weighted by molar-refractivity contribution is -0.128. The minimum atomic E-state index is -0.388. The molecule has 0 atom stereocenters. The Hall–Kier alpha value is -1.88. The molecule has 0 aromatic heterocycles. The first kappa shape index (κ1) is 22.4. The van der Waals surface area contributed by atoms with Crippen LogP contribution >= 0.6 is 0 Å². The molecule has 156 valence electrons. The first-order valence-electron chi connectivity index (χ1n) is 10.6. The minimum Gasteiger partial charge on any atom is -0.356 e.